The third-order valence-corrected chi connectivity index (χ3v) is 4.70. The van der Waals surface area contributed by atoms with Crippen molar-refractivity contribution in [3.05, 3.63) is 17.5 Å². The van der Waals surface area contributed by atoms with Gasteiger partial charge in [0.25, 0.3) is 0 Å². The largest absolute Gasteiger partial charge is 0.300 e. The minimum Gasteiger partial charge on any atom is -0.300 e. The third kappa shape index (κ3) is 5.12. The second kappa shape index (κ2) is 7.05. The number of nitriles is 1. The molecule has 1 aromatic heterocycles. The molecule has 0 bridgehead atoms. The van der Waals surface area contributed by atoms with Gasteiger partial charge in [-0.25, -0.2) is 0 Å². The SMILES string of the molecule is CCCNC(C)(C#N)CC(C)Sc1cccs1. The molecule has 2 atom stereocenters. The van der Waals surface area contributed by atoms with E-state index in [9.17, 15) is 5.26 Å². The summed E-state index contributed by atoms with van der Waals surface area (Å²) in [5.41, 5.74) is -0.403. The number of nitrogens with one attached hydrogen (secondary N) is 1. The maximum absolute atomic E-state index is 9.27. The molecule has 1 N–H and O–H groups in total. The minimum absolute atomic E-state index is 0.403. The minimum atomic E-state index is -0.403. The zero-order valence-corrected chi connectivity index (χ0v) is 12.3. The summed E-state index contributed by atoms with van der Waals surface area (Å²) in [4.78, 5) is 0. The lowest BCUT2D eigenvalue weighted by atomic mass is 9.98. The van der Waals surface area contributed by atoms with Gasteiger partial charge in [0, 0.05) is 5.25 Å². The molecule has 1 rings (SSSR count). The molecule has 1 aromatic rings. The van der Waals surface area contributed by atoms with Gasteiger partial charge in [-0.2, -0.15) is 5.26 Å². The van der Waals surface area contributed by atoms with E-state index in [4.69, 9.17) is 0 Å². The van der Waals surface area contributed by atoms with Crippen molar-refractivity contribution in [1.29, 1.82) is 5.26 Å². The quantitative estimate of drug-likeness (QED) is 0.762. The monoisotopic (exact) mass is 268 g/mol. The molecule has 0 saturated carbocycles. The summed E-state index contributed by atoms with van der Waals surface area (Å²) in [6.07, 6.45) is 1.93. The van der Waals surface area contributed by atoms with Gasteiger partial charge >= 0.3 is 0 Å². The van der Waals surface area contributed by atoms with E-state index in [1.165, 1.54) is 4.21 Å². The third-order valence-electron chi connectivity index (χ3n) is 2.52. The van der Waals surface area contributed by atoms with Crippen molar-refractivity contribution in [2.45, 2.75) is 48.6 Å². The van der Waals surface area contributed by atoms with E-state index in [0.717, 1.165) is 19.4 Å². The second-order valence-corrected chi connectivity index (χ2v) is 7.12. The maximum Gasteiger partial charge on any atom is 0.104 e. The van der Waals surface area contributed by atoms with E-state index in [0.29, 0.717) is 5.25 Å². The van der Waals surface area contributed by atoms with Crippen LogP contribution in [0.3, 0.4) is 0 Å². The van der Waals surface area contributed by atoms with Crippen LogP contribution in [0.4, 0.5) is 0 Å². The Morgan fingerprint density at radius 3 is 2.94 bits per heavy atom. The van der Waals surface area contributed by atoms with Crippen molar-refractivity contribution in [3.8, 4) is 6.07 Å². The van der Waals surface area contributed by atoms with Crippen molar-refractivity contribution >= 4 is 23.1 Å². The average molecular weight is 268 g/mol. The first-order chi connectivity index (χ1) is 8.09. The summed E-state index contributed by atoms with van der Waals surface area (Å²) in [5, 5.41) is 15.1. The summed E-state index contributed by atoms with van der Waals surface area (Å²) >= 11 is 3.62. The van der Waals surface area contributed by atoms with Crippen LogP contribution in [0, 0.1) is 11.3 Å². The molecule has 0 aromatic carbocycles. The van der Waals surface area contributed by atoms with Gasteiger partial charge in [-0.1, -0.05) is 19.9 Å². The molecule has 94 valence electrons. The van der Waals surface area contributed by atoms with Gasteiger partial charge in [0.1, 0.15) is 5.54 Å². The first-order valence-electron chi connectivity index (χ1n) is 5.96. The predicted molar refractivity (Wildman–Crippen MR) is 76.6 cm³/mol. The number of hydrogen-bond donors (Lipinski definition) is 1. The van der Waals surface area contributed by atoms with Crippen LogP contribution in [0.5, 0.6) is 0 Å². The Morgan fingerprint density at radius 2 is 2.41 bits per heavy atom. The lowest BCUT2D eigenvalue weighted by Gasteiger charge is -2.26. The van der Waals surface area contributed by atoms with E-state index in [-0.39, 0.29) is 0 Å². The van der Waals surface area contributed by atoms with E-state index in [1.807, 2.05) is 18.7 Å². The van der Waals surface area contributed by atoms with Gasteiger partial charge in [-0.15, -0.1) is 23.1 Å². The summed E-state index contributed by atoms with van der Waals surface area (Å²) in [5.74, 6) is 0. The van der Waals surface area contributed by atoms with Crippen LogP contribution in [0.25, 0.3) is 0 Å². The van der Waals surface area contributed by atoms with Gasteiger partial charge in [0.15, 0.2) is 0 Å². The molecule has 2 nitrogen and oxygen atoms in total. The van der Waals surface area contributed by atoms with E-state index in [1.54, 1.807) is 11.3 Å². The van der Waals surface area contributed by atoms with Crippen LogP contribution in [0.15, 0.2) is 21.7 Å². The number of thioether (sulfide) groups is 1. The molecule has 0 aliphatic rings. The number of hydrogen-bond acceptors (Lipinski definition) is 4. The Hall–Kier alpha value is -0.500. The summed E-state index contributed by atoms with van der Waals surface area (Å²) in [6, 6.07) is 6.60. The Kier molecular flexibility index (Phi) is 6.04. The van der Waals surface area contributed by atoms with Crippen LogP contribution in [-0.4, -0.2) is 17.3 Å². The molecule has 4 heteroatoms. The molecule has 17 heavy (non-hydrogen) atoms. The van der Waals surface area contributed by atoms with Crippen LogP contribution in [0.1, 0.15) is 33.6 Å². The van der Waals surface area contributed by atoms with Crippen LogP contribution < -0.4 is 5.32 Å². The predicted octanol–water partition coefficient (Wildman–Crippen LogP) is 3.90. The van der Waals surface area contributed by atoms with E-state index in [2.05, 4.69) is 42.7 Å². The molecule has 0 fully saturated rings. The zero-order valence-electron chi connectivity index (χ0n) is 10.7. The zero-order chi connectivity index (χ0) is 12.7. The average Bonchev–Trinajstić information content (AvgIpc) is 2.79. The Balaban J connectivity index is 2.47. The fraction of sp³-hybridized carbons (Fsp3) is 0.615. The normalized spacial score (nSPS) is 16.1. The topological polar surface area (TPSA) is 35.8 Å². The van der Waals surface area contributed by atoms with Crippen molar-refractivity contribution in [1.82, 2.24) is 5.32 Å². The first-order valence-corrected chi connectivity index (χ1v) is 7.72. The van der Waals surface area contributed by atoms with Crippen molar-refractivity contribution in [2.24, 2.45) is 0 Å². The lowest BCUT2D eigenvalue weighted by molar-refractivity contribution is 0.419. The molecule has 2 unspecified atom stereocenters. The molecular formula is C13H20N2S2. The molecule has 1 heterocycles. The van der Waals surface area contributed by atoms with Crippen LogP contribution in [0.2, 0.25) is 0 Å². The summed E-state index contributed by atoms with van der Waals surface area (Å²) < 4.78 is 1.33. The molecule has 0 spiro atoms. The molecule has 0 aliphatic heterocycles. The highest BCUT2D eigenvalue weighted by atomic mass is 32.2. The molecule has 0 saturated heterocycles. The summed E-state index contributed by atoms with van der Waals surface area (Å²) in [6.45, 7) is 7.21. The Morgan fingerprint density at radius 1 is 1.65 bits per heavy atom. The van der Waals surface area contributed by atoms with Crippen LogP contribution >= 0.6 is 23.1 Å². The van der Waals surface area contributed by atoms with Gasteiger partial charge in [0.05, 0.1) is 10.3 Å². The maximum atomic E-state index is 9.27. The molecule has 0 aliphatic carbocycles. The van der Waals surface area contributed by atoms with Crippen LogP contribution in [-0.2, 0) is 0 Å². The Bertz CT molecular complexity index is 356. The molecule has 0 radical (unpaired) electrons. The summed E-state index contributed by atoms with van der Waals surface area (Å²) in [7, 11) is 0. The highest BCUT2D eigenvalue weighted by molar-refractivity contribution is 8.01. The van der Waals surface area contributed by atoms with Gasteiger partial charge in [-0.05, 0) is 37.8 Å². The highest BCUT2D eigenvalue weighted by Crippen LogP contribution is 2.31. The number of nitrogens with zero attached hydrogens (tertiary/aromatic N) is 1. The number of rotatable bonds is 7. The first kappa shape index (κ1) is 14.6. The highest BCUT2D eigenvalue weighted by Gasteiger charge is 2.25. The fourth-order valence-corrected chi connectivity index (χ4v) is 4.00. The lowest BCUT2D eigenvalue weighted by Crippen LogP contribution is -2.43. The van der Waals surface area contributed by atoms with E-state index < -0.39 is 5.54 Å². The second-order valence-electron chi connectivity index (χ2n) is 4.44. The Labute approximate surface area is 112 Å². The van der Waals surface area contributed by atoms with Crippen molar-refractivity contribution in [2.75, 3.05) is 6.54 Å². The van der Waals surface area contributed by atoms with Gasteiger partial charge in [0.2, 0.25) is 0 Å². The fourth-order valence-electron chi connectivity index (χ4n) is 1.70. The van der Waals surface area contributed by atoms with Gasteiger partial charge < -0.3 is 0 Å². The van der Waals surface area contributed by atoms with Crippen molar-refractivity contribution in [3.63, 3.8) is 0 Å². The van der Waals surface area contributed by atoms with Crippen molar-refractivity contribution < 1.29 is 0 Å². The number of thiophene rings is 1. The molecule has 0 amide bonds. The van der Waals surface area contributed by atoms with E-state index >= 15 is 0 Å². The molecular weight excluding hydrogens is 248 g/mol. The standard InChI is InChI=1S/C13H20N2S2/c1-4-7-15-13(3,10-14)9-11(2)17-12-6-5-8-16-12/h5-6,8,11,15H,4,7,9H2,1-3H3. The smallest absolute Gasteiger partial charge is 0.104 e. The van der Waals surface area contributed by atoms with Gasteiger partial charge in [-0.3, -0.25) is 5.32 Å².